The molecule has 0 aromatic heterocycles. The Labute approximate surface area is 196 Å². The minimum Gasteiger partial charge on any atom is -0.497 e. The summed E-state index contributed by atoms with van der Waals surface area (Å²) in [5.74, 6) is 1.25. The van der Waals surface area contributed by atoms with Crippen molar-refractivity contribution < 1.29 is 22.8 Å². The van der Waals surface area contributed by atoms with E-state index in [1.807, 2.05) is 24.3 Å². The van der Waals surface area contributed by atoms with Crippen LogP contribution in [0.5, 0.6) is 11.5 Å². The van der Waals surface area contributed by atoms with E-state index in [0.29, 0.717) is 11.5 Å². The highest BCUT2D eigenvalue weighted by Gasteiger charge is 2.21. The first-order valence-corrected chi connectivity index (χ1v) is 11.4. The third-order valence-electron chi connectivity index (χ3n) is 4.58. The summed E-state index contributed by atoms with van der Waals surface area (Å²) in [4.78, 5) is 10.6. The Bertz CT molecular complexity index is 1320. The SMILES string of the molecule is COc1ccc(NS(=O)(=O)c2ccc(N/N=C/C=C/c3ccccc3OC)c([N+](=O)[O-])c2)cc1. The van der Waals surface area contributed by atoms with Crippen LogP contribution in [0.15, 0.2) is 82.8 Å². The molecule has 0 atom stereocenters. The summed E-state index contributed by atoms with van der Waals surface area (Å²) in [5, 5.41) is 15.5. The van der Waals surface area contributed by atoms with Crippen LogP contribution in [0.1, 0.15) is 5.56 Å². The van der Waals surface area contributed by atoms with Gasteiger partial charge in [0.05, 0.1) is 24.0 Å². The second-order valence-electron chi connectivity index (χ2n) is 6.76. The first kappa shape index (κ1) is 24.3. The van der Waals surface area contributed by atoms with E-state index >= 15 is 0 Å². The van der Waals surface area contributed by atoms with Gasteiger partial charge in [-0.25, -0.2) is 8.42 Å². The number of hydrogen-bond donors (Lipinski definition) is 2. The van der Waals surface area contributed by atoms with Gasteiger partial charge in [-0.3, -0.25) is 20.3 Å². The Morgan fingerprint density at radius 2 is 1.74 bits per heavy atom. The van der Waals surface area contributed by atoms with E-state index in [2.05, 4.69) is 15.2 Å². The van der Waals surface area contributed by atoms with Gasteiger partial charge in [0.1, 0.15) is 17.2 Å². The van der Waals surface area contributed by atoms with E-state index in [9.17, 15) is 18.5 Å². The van der Waals surface area contributed by atoms with Gasteiger partial charge in [-0.2, -0.15) is 5.10 Å². The lowest BCUT2D eigenvalue weighted by Gasteiger charge is -2.10. The molecule has 0 heterocycles. The van der Waals surface area contributed by atoms with Crippen molar-refractivity contribution >= 4 is 39.4 Å². The maximum Gasteiger partial charge on any atom is 0.295 e. The molecule has 10 nitrogen and oxygen atoms in total. The molecular formula is C23H22N4O6S. The van der Waals surface area contributed by atoms with E-state index in [1.165, 1.54) is 37.6 Å². The summed E-state index contributed by atoms with van der Waals surface area (Å²) in [5.41, 5.74) is 3.29. The third-order valence-corrected chi connectivity index (χ3v) is 5.96. The van der Waals surface area contributed by atoms with Gasteiger partial charge in [-0.05, 0) is 54.6 Å². The lowest BCUT2D eigenvalue weighted by molar-refractivity contribution is -0.384. The Balaban J connectivity index is 1.75. The largest absolute Gasteiger partial charge is 0.497 e. The van der Waals surface area contributed by atoms with Crippen LogP contribution >= 0.6 is 0 Å². The lowest BCUT2D eigenvalue weighted by atomic mass is 10.2. The smallest absolute Gasteiger partial charge is 0.295 e. The standard InChI is InChI=1S/C23H22N4O6S/c1-32-19-11-9-18(10-12-19)26-34(30,31)20-13-14-21(22(16-20)27(28)29)25-24-15-5-7-17-6-3-4-8-23(17)33-2/h3-16,25-26H,1-2H3/b7-5+,24-15+. The molecule has 3 aromatic rings. The van der Waals surface area contributed by atoms with Gasteiger partial charge in [0.2, 0.25) is 0 Å². The Kier molecular flexibility index (Phi) is 7.83. The molecule has 34 heavy (non-hydrogen) atoms. The van der Waals surface area contributed by atoms with E-state index in [0.717, 1.165) is 11.6 Å². The van der Waals surface area contributed by atoms with Crippen LogP contribution in [0, 0.1) is 10.1 Å². The number of nitrogens with zero attached hydrogens (tertiary/aromatic N) is 2. The molecule has 0 amide bonds. The predicted octanol–water partition coefficient (Wildman–Crippen LogP) is 4.52. The van der Waals surface area contributed by atoms with E-state index in [4.69, 9.17) is 9.47 Å². The van der Waals surface area contributed by atoms with Crippen molar-refractivity contribution in [2.75, 3.05) is 24.4 Å². The summed E-state index contributed by atoms with van der Waals surface area (Å²) < 4.78 is 38.1. The second-order valence-corrected chi connectivity index (χ2v) is 8.44. The fraction of sp³-hybridized carbons (Fsp3) is 0.0870. The van der Waals surface area contributed by atoms with Gasteiger partial charge in [-0.15, -0.1) is 0 Å². The van der Waals surface area contributed by atoms with Gasteiger partial charge in [0.25, 0.3) is 15.7 Å². The van der Waals surface area contributed by atoms with Crippen LogP contribution < -0.4 is 19.6 Å². The highest BCUT2D eigenvalue weighted by atomic mass is 32.2. The molecule has 0 bridgehead atoms. The van der Waals surface area contributed by atoms with E-state index in [1.54, 1.807) is 31.4 Å². The number of sulfonamides is 1. The molecule has 2 N–H and O–H groups in total. The topological polar surface area (TPSA) is 132 Å². The minimum atomic E-state index is -4.06. The number of methoxy groups -OCH3 is 2. The number of anilines is 2. The monoisotopic (exact) mass is 482 g/mol. The summed E-state index contributed by atoms with van der Waals surface area (Å²) in [6, 6.07) is 17.1. The van der Waals surface area contributed by atoms with Crippen LogP contribution in [0.3, 0.4) is 0 Å². The highest BCUT2D eigenvalue weighted by molar-refractivity contribution is 7.92. The van der Waals surface area contributed by atoms with Gasteiger partial charge in [0, 0.05) is 23.5 Å². The molecular weight excluding hydrogens is 460 g/mol. The normalized spacial score (nSPS) is 11.5. The Hall–Kier alpha value is -4.38. The fourth-order valence-electron chi connectivity index (χ4n) is 2.90. The van der Waals surface area contributed by atoms with Crippen molar-refractivity contribution in [1.82, 2.24) is 0 Å². The van der Waals surface area contributed by atoms with E-state index in [-0.39, 0.29) is 16.3 Å². The van der Waals surface area contributed by atoms with Crippen molar-refractivity contribution in [3.05, 3.63) is 88.5 Å². The van der Waals surface area contributed by atoms with Gasteiger partial charge in [-0.1, -0.05) is 18.2 Å². The van der Waals surface area contributed by atoms with Crippen molar-refractivity contribution in [2.45, 2.75) is 4.90 Å². The van der Waals surface area contributed by atoms with Crippen molar-refractivity contribution in [3.8, 4) is 11.5 Å². The predicted molar refractivity (Wildman–Crippen MR) is 131 cm³/mol. The molecule has 11 heteroatoms. The summed E-state index contributed by atoms with van der Waals surface area (Å²) >= 11 is 0. The molecule has 0 unspecified atom stereocenters. The zero-order chi connectivity index (χ0) is 24.6. The van der Waals surface area contributed by atoms with Crippen LogP contribution in [0.2, 0.25) is 0 Å². The van der Waals surface area contributed by atoms with Crippen molar-refractivity contribution in [3.63, 3.8) is 0 Å². The van der Waals surface area contributed by atoms with Gasteiger partial charge in [0.15, 0.2) is 0 Å². The number of benzene rings is 3. The molecule has 0 radical (unpaired) electrons. The number of rotatable bonds is 10. The highest BCUT2D eigenvalue weighted by Crippen LogP contribution is 2.29. The molecule has 0 fully saturated rings. The molecule has 176 valence electrons. The van der Waals surface area contributed by atoms with Crippen molar-refractivity contribution in [1.29, 1.82) is 0 Å². The molecule has 0 aliphatic heterocycles. The molecule has 0 aliphatic carbocycles. The number of nitrogens with one attached hydrogen (secondary N) is 2. The molecule has 3 aromatic carbocycles. The first-order valence-electron chi connectivity index (χ1n) is 9.88. The maximum absolute atomic E-state index is 12.7. The zero-order valence-electron chi connectivity index (χ0n) is 18.3. The van der Waals surface area contributed by atoms with Crippen molar-refractivity contribution in [2.24, 2.45) is 5.10 Å². The minimum absolute atomic E-state index is 0.0374. The molecule has 3 rings (SSSR count). The van der Waals surface area contributed by atoms with Crippen LogP contribution in [-0.2, 0) is 10.0 Å². The van der Waals surface area contributed by atoms with Crippen LogP contribution in [0.25, 0.3) is 6.08 Å². The summed E-state index contributed by atoms with van der Waals surface area (Å²) in [6.07, 6.45) is 4.80. The number of allylic oxidation sites excluding steroid dienone is 1. The molecule has 0 spiro atoms. The zero-order valence-corrected chi connectivity index (χ0v) is 19.2. The lowest BCUT2D eigenvalue weighted by Crippen LogP contribution is -2.13. The van der Waals surface area contributed by atoms with Gasteiger partial charge < -0.3 is 9.47 Å². The Morgan fingerprint density at radius 3 is 2.41 bits per heavy atom. The fourth-order valence-corrected chi connectivity index (χ4v) is 3.98. The van der Waals surface area contributed by atoms with Crippen LogP contribution in [0.4, 0.5) is 17.1 Å². The van der Waals surface area contributed by atoms with E-state index < -0.39 is 20.6 Å². The number of ether oxygens (including phenoxy) is 2. The quantitative estimate of drug-likeness (QED) is 0.247. The number of nitro groups is 1. The first-order chi connectivity index (χ1) is 16.3. The summed E-state index contributed by atoms with van der Waals surface area (Å²) in [7, 11) is -0.995. The number of hydrogen-bond acceptors (Lipinski definition) is 8. The number of para-hydroxylation sites is 1. The Morgan fingerprint density at radius 1 is 1.00 bits per heavy atom. The average Bonchev–Trinajstić information content (AvgIpc) is 2.84. The third kappa shape index (κ3) is 6.11. The average molecular weight is 483 g/mol. The summed E-state index contributed by atoms with van der Waals surface area (Å²) in [6.45, 7) is 0. The molecule has 0 aliphatic rings. The number of nitro benzene ring substituents is 1. The van der Waals surface area contributed by atoms with Gasteiger partial charge >= 0.3 is 0 Å². The second kappa shape index (κ2) is 11.0. The molecule has 0 saturated carbocycles. The van der Waals surface area contributed by atoms with Crippen LogP contribution in [-0.4, -0.2) is 33.8 Å². The maximum atomic E-state index is 12.7. The number of hydrazone groups is 1. The molecule has 0 saturated heterocycles.